The molecule has 2 atom stereocenters. The first-order valence-corrected chi connectivity index (χ1v) is 5.94. The van der Waals surface area contributed by atoms with Crippen LogP contribution in [0.1, 0.15) is 24.8 Å². The predicted molar refractivity (Wildman–Crippen MR) is 64.4 cm³/mol. The lowest BCUT2D eigenvalue weighted by Crippen LogP contribution is -2.25. The number of hydrogen-bond acceptors (Lipinski definition) is 2. The van der Waals surface area contributed by atoms with Gasteiger partial charge >= 0.3 is 0 Å². The fraction of sp³-hybridized carbons (Fsp3) is 0.538. The Labute approximate surface area is 91.1 Å². The molecule has 2 unspecified atom stereocenters. The Hall–Kier alpha value is -1.18. The van der Waals surface area contributed by atoms with Crippen molar-refractivity contribution < 1.29 is 0 Å². The highest BCUT2D eigenvalue weighted by Gasteiger charge is 2.30. The van der Waals surface area contributed by atoms with E-state index >= 15 is 0 Å². The molecule has 15 heavy (non-hydrogen) atoms. The average molecular weight is 202 g/mol. The maximum Gasteiger partial charge on any atom is 0.0607 e. The minimum atomic E-state index is 0.694. The van der Waals surface area contributed by atoms with Crippen molar-refractivity contribution in [3.63, 3.8) is 0 Å². The molecule has 2 aliphatic rings. The Kier molecular flexibility index (Phi) is 2.08. The lowest BCUT2D eigenvalue weighted by molar-refractivity contribution is 0.537. The van der Waals surface area contributed by atoms with Gasteiger partial charge in [0.1, 0.15) is 0 Å². The first-order valence-electron chi connectivity index (χ1n) is 5.94. The lowest BCUT2D eigenvalue weighted by Gasteiger charge is -2.18. The molecule has 0 aromatic heterocycles. The molecule has 80 valence electrons. The van der Waals surface area contributed by atoms with Gasteiger partial charge in [-0.1, -0.05) is 18.6 Å². The van der Waals surface area contributed by atoms with Crippen LogP contribution in [0.5, 0.6) is 0 Å². The second kappa shape index (κ2) is 3.44. The summed E-state index contributed by atoms with van der Waals surface area (Å²) in [4.78, 5) is 0. The zero-order chi connectivity index (χ0) is 10.3. The fourth-order valence-electron chi connectivity index (χ4n) is 2.90. The SMILES string of the molecule is Cc1cccc2c1NC1CCCC1CN2. The third-order valence-electron chi connectivity index (χ3n) is 3.82. The molecule has 1 heterocycles. The van der Waals surface area contributed by atoms with E-state index < -0.39 is 0 Å². The van der Waals surface area contributed by atoms with Gasteiger partial charge in [0, 0.05) is 12.6 Å². The third-order valence-corrected chi connectivity index (χ3v) is 3.82. The van der Waals surface area contributed by atoms with Gasteiger partial charge in [0.25, 0.3) is 0 Å². The van der Waals surface area contributed by atoms with E-state index in [0.717, 1.165) is 12.5 Å². The Morgan fingerprint density at radius 2 is 2.20 bits per heavy atom. The van der Waals surface area contributed by atoms with E-state index in [1.165, 1.54) is 36.2 Å². The molecule has 1 aromatic carbocycles. The van der Waals surface area contributed by atoms with Gasteiger partial charge in [-0.25, -0.2) is 0 Å². The fourth-order valence-corrected chi connectivity index (χ4v) is 2.90. The Morgan fingerprint density at radius 3 is 3.13 bits per heavy atom. The van der Waals surface area contributed by atoms with E-state index in [1.54, 1.807) is 0 Å². The Bertz CT molecular complexity index is 373. The van der Waals surface area contributed by atoms with Crippen molar-refractivity contribution in [2.45, 2.75) is 32.2 Å². The average Bonchev–Trinajstić information content (AvgIpc) is 2.60. The maximum atomic E-state index is 3.73. The van der Waals surface area contributed by atoms with Crippen molar-refractivity contribution in [2.75, 3.05) is 17.2 Å². The molecule has 2 N–H and O–H groups in total. The molecule has 1 aromatic rings. The van der Waals surface area contributed by atoms with Gasteiger partial charge in [0.15, 0.2) is 0 Å². The largest absolute Gasteiger partial charge is 0.383 e. The van der Waals surface area contributed by atoms with Crippen molar-refractivity contribution in [2.24, 2.45) is 5.92 Å². The molecule has 2 heteroatoms. The Balaban J connectivity index is 1.98. The van der Waals surface area contributed by atoms with Crippen molar-refractivity contribution in [3.8, 4) is 0 Å². The topological polar surface area (TPSA) is 24.1 Å². The summed E-state index contributed by atoms with van der Waals surface area (Å²) in [7, 11) is 0. The monoisotopic (exact) mass is 202 g/mol. The number of hydrogen-bond donors (Lipinski definition) is 2. The number of para-hydroxylation sites is 1. The standard InChI is InChI=1S/C13H18N2/c1-9-4-2-7-12-13(9)15-11-6-3-5-10(11)8-14-12/h2,4,7,10-11,14-15H,3,5-6,8H2,1H3. The van der Waals surface area contributed by atoms with Crippen molar-refractivity contribution in [1.82, 2.24) is 0 Å². The van der Waals surface area contributed by atoms with Crippen LogP contribution in [0.3, 0.4) is 0 Å². The van der Waals surface area contributed by atoms with Crippen LogP contribution in [-0.2, 0) is 0 Å². The van der Waals surface area contributed by atoms with Gasteiger partial charge in [-0.15, -0.1) is 0 Å². The van der Waals surface area contributed by atoms with Gasteiger partial charge in [0.05, 0.1) is 11.4 Å². The summed E-state index contributed by atoms with van der Waals surface area (Å²) >= 11 is 0. The molecule has 1 aliphatic heterocycles. The summed E-state index contributed by atoms with van der Waals surface area (Å²) in [5, 5.41) is 7.30. The minimum Gasteiger partial charge on any atom is -0.383 e. The molecule has 0 bridgehead atoms. The Morgan fingerprint density at radius 1 is 1.27 bits per heavy atom. The quantitative estimate of drug-likeness (QED) is 0.675. The van der Waals surface area contributed by atoms with E-state index in [4.69, 9.17) is 0 Å². The number of rotatable bonds is 0. The van der Waals surface area contributed by atoms with E-state index in [1.807, 2.05) is 0 Å². The third kappa shape index (κ3) is 1.48. The summed E-state index contributed by atoms with van der Waals surface area (Å²) in [6.45, 7) is 3.32. The molecular weight excluding hydrogens is 184 g/mol. The molecule has 3 rings (SSSR count). The minimum absolute atomic E-state index is 0.694. The van der Waals surface area contributed by atoms with E-state index in [9.17, 15) is 0 Å². The highest BCUT2D eigenvalue weighted by molar-refractivity contribution is 5.73. The zero-order valence-electron chi connectivity index (χ0n) is 9.22. The van der Waals surface area contributed by atoms with Gasteiger partial charge in [-0.3, -0.25) is 0 Å². The van der Waals surface area contributed by atoms with Crippen LogP contribution < -0.4 is 10.6 Å². The maximum absolute atomic E-state index is 3.73. The molecule has 1 aliphatic carbocycles. The van der Waals surface area contributed by atoms with Crippen LogP contribution in [0.25, 0.3) is 0 Å². The van der Waals surface area contributed by atoms with Gasteiger partial charge in [-0.05, 0) is 37.3 Å². The van der Waals surface area contributed by atoms with Crippen molar-refractivity contribution in [1.29, 1.82) is 0 Å². The molecule has 1 saturated carbocycles. The first-order chi connectivity index (χ1) is 7.34. The number of anilines is 2. The van der Waals surface area contributed by atoms with Crippen molar-refractivity contribution in [3.05, 3.63) is 23.8 Å². The second-order valence-electron chi connectivity index (χ2n) is 4.82. The van der Waals surface area contributed by atoms with Crippen LogP contribution >= 0.6 is 0 Å². The highest BCUT2D eigenvalue weighted by atomic mass is 15.0. The van der Waals surface area contributed by atoms with Crippen LogP contribution in [0.2, 0.25) is 0 Å². The number of fused-ring (bicyclic) bond motifs is 2. The molecule has 0 spiro atoms. The second-order valence-corrected chi connectivity index (χ2v) is 4.82. The predicted octanol–water partition coefficient (Wildman–Crippen LogP) is 3.00. The van der Waals surface area contributed by atoms with Crippen LogP contribution in [0.15, 0.2) is 18.2 Å². The molecule has 1 fully saturated rings. The summed E-state index contributed by atoms with van der Waals surface area (Å²) in [5.41, 5.74) is 3.96. The number of benzene rings is 1. The summed E-state index contributed by atoms with van der Waals surface area (Å²) in [5.74, 6) is 0.816. The van der Waals surface area contributed by atoms with Gasteiger partial charge in [0.2, 0.25) is 0 Å². The van der Waals surface area contributed by atoms with E-state index in [2.05, 4.69) is 35.8 Å². The van der Waals surface area contributed by atoms with Gasteiger partial charge < -0.3 is 10.6 Å². The lowest BCUT2D eigenvalue weighted by atomic mass is 10.0. The highest BCUT2D eigenvalue weighted by Crippen LogP contribution is 2.36. The van der Waals surface area contributed by atoms with Crippen LogP contribution in [-0.4, -0.2) is 12.6 Å². The molecule has 0 amide bonds. The number of nitrogens with one attached hydrogen (secondary N) is 2. The first kappa shape index (κ1) is 9.08. The molecular formula is C13H18N2. The molecule has 0 radical (unpaired) electrons. The summed E-state index contributed by atoms with van der Waals surface area (Å²) < 4.78 is 0. The van der Waals surface area contributed by atoms with Gasteiger partial charge in [-0.2, -0.15) is 0 Å². The summed E-state index contributed by atoms with van der Waals surface area (Å²) in [6.07, 6.45) is 4.09. The molecule has 0 saturated heterocycles. The normalized spacial score (nSPS) is 28.3. The molecule has 2 nitrogen and oxygen atoms in total. The van der Waals surface area contributed by atoms with E-state index in [0.29, 0.717) is 6.04 Å². The smallest absolute Gasteiger partial charge is 0.0607 e. The summed E-state index contributed by atoms with van der Waals surface area (Å²) in [6, 6.07) is 7.18. The zero-order valence-corrected chi connectivity index (χ0v) is 9.22. The van der Waals surface area contributed by atoms with Crippen molar-refractivity contribution >= 4 is 11.4 Å². The van der Waals surface area contributed by atoms with Crippen LogP contribution in [0.4, 0.5) is 11.4 Å². The number of aryl methyl sites for hydroxylation is 1. The van der Waals surface area contributed by atoms with Crippen LogP contribution in [0, 0.1) is 12.8 Å². The van der Waals surface area contributed by atoms with E-state index in [-0.39, 0.29) is 0 Å².